The third-order valence-electron chi connectivity index (χ3n) is 3.81. The van der Waals surface area contributed by atoms with Crippen LogP contribution >= 0.6 is 0 Å². The zero-order chi connectivity index (χ0) is 14.5. The van der Waals surface area contributed by atoms with Gasteiger partial charge in [-0.1, -0.05) is 0 Å². The molecule has 0 saturated carbocycles. The van der Waals surface area contributed by atoms with Gasteiger partial charge in [-0.05, 0) is 49.2 Å². The van der Waals surface area contributed by atoms with E-state index in [4.69, 9.17) is 10.00 Å². The lowest BCUT2D eigenvalue weighted by molar-refractivity contribution is 0.110. The monoisotopic (exact) mass is 281 g/mol. The van der Waals surface area contributed by atoms with E-state index in [1.807, 2.05) is 36.5 Å². The molecule has 0 spiro atoms. The first-order valence-electron chi connectivity index (χ1n) is 7.36. The number of benzene rings is 1. The molecule has 1 aromatic carbocycles. The van der Waals surface area contributed by atoms with Gasteiger partial charge in [0.15, 0.2) is 0 Å². The average Bonchev–Trinajstić information content (AvgIpc) is 3.19. The topological polar surface area (TPSA) is 50.0 Å². The largest absolute Gasteiger partial charge is 0.377 e. The summed E-state index contributed by atoms with van der Waals surface area (Å²) in [4.78, 5) is 0. The molecule has 4 nitrogen and oxygen atoms in total. The average molecular weight is 281 g/mol. The molecule has 1 N–H and O–H groups in total. The molecule has 1 aliphatic rings. The van der Waals surface area contributed by atoms with Gasteiger partial charge < -0.3 is 14.6 Å². The SMILES string of the molecule is N#Cc1ccc(-n2cccc2CNCC2CCCO2)cc1. The molecule has 1 saturated heterocycles. The van der Waals surface area contributed by atoms with Crippen LogP contribution in [0.15, 0.2) is 42.6 Å². The zero-order valence-corrected chi connectivity index (χ0v) is 12.0. The normalized spacial score (nSPS) is 17.8. The zero-order valence-electron chi connectivity index (χ0n) is 12.0. The van der Waals surface area contributed by atoms with Crippen LogP contribution in [0.4, 0.5) is 0 Å². The van der Waals surface area contributed by atoms with Gasteiger partial charge in [-0.15, -0.1) is 0 Å². The standard InChI is InChI=1S/C17H19N3O/c18-11-14-5-7-15(8-6-14)20-9-1-3-16(20)12-19-13-17-4-2-10-21-17/h1,3,5-9,17,19H,2,4,10,12-13H2. The Morgan fingerprint density at radius 2 is 2.14 bits per heavy atom. The molecule has 1 aromatic heterocycles. The lowest BCUT2D eigenvalue weighted by Crippen LogP contribution is -2.26. The molecular formula is C17H19N3O. The number of hydrogen-bond donors (Lipinski definition) is 1. The highest BCUT2D eigenvalue weighted by atomic mass is 16.5. The van der Waals surface area contributed by atoms with Crippen LogP contribution in [0.25, 0.3) is 5.69 Å². The van der Waals surface area contributed by atoms with Crippen LogP contribution in [-0.4, -0.2) is 23.8 Å². The highest BCUT2D eigenvalue weighted by Gasteiger charge is 2.14. The molecule has 2 aromatic rings. The lowest BCUT2D eigenvalue weighted by Gasteiger charge is -2.13. The van der Waals surface area contributed by atoms with Crippen molar-refractivity contribution >= 4 is 0 Å². The van der Waals surface area contributed by atoms with Gasteiger partial charge in [-0.25, -0.2) is 0 Å². The highest BCUT2D eigenvalue weighted by molar-refractivity contribution is 5.41. The van der Waals surface area contributed by atoms with Crippen LogP contribution < -0.4 is 5.32 Å². The fraction of sp³-hybridized carbons (Fsp3) is 0.353. The minimum atomic E-state index is 0.364. The van der Waals surface area contributed by atoms with Crippen molar-refractivity contribution in [1.29, 1.82) is 5.26 Å². The second-order valence-corrected chi connectivity index (χ2v) is 5.29. The molecule has 1 atom stereocenters. The Morgan fingerprint density at radius 3 is 2.86 bits per heavy atom. The van der Waals surface area contributed by atoms with E-state index in [9.17, 15) is 0 Å². The summed E-state index contributed by atoms with van der Waals surface area (Å²) in [5.41, 5.74) is 2.97. The third-order valence-corrected chi connectivity index (χ3v) is 3.81. The fourth-order valence-electron chi connectivity index (χ4n) is 2.68. The first kappa shape index (κ1) is 13.9. The molecule has 0 aliphatic carbocycles. The predicted molar refractivity (Wildman–Crippen MR) is 81.2 cm³/mol. The summed E-state index contributed by atoms with van der Waals surface area (Å²) in [6, 6.07) is 13.9. The van der Waals surface area contributed by atoms with Gasteiger partial charge in [0.2, 0.25) is 0 Å². The number of nitrogens with one attached hydrogen (secondary N) is 1. The van der Waals surface area contributed by atoms with Gasteiger partial charge in [0.25, 0.3) is 0 Å². The summed E-state index contributed by atoms with van der Waals surface area (Å²) in [7, 11) is 0. The maximum Gasteiger partial charge on any atom is 0.0991 e. The number of rotatable bonds is 5. The predicted octanol–water partition coefficient (Wildman–Crippen LogP) is 2.62. The molecule has 3 rings (SSSR count). The summed E-state index contributed by atoms with van der Waals surface area (Å²) in [6.45, 7) is 2.61. The van der Waals surface area contributed by atoms with Crippen LogP contribution in [-0.2, 0) is 11.3 Å². The third kappa shape index (κ3) is 3.33. The maximum atomic E-state index is 8.85. The first-order valence-corrected chi connectivity index (χ1v) is 7.36. The van der Waals surface area contributed by atoms with Gasteiger partial charge in [0.1, 0.15) is 0 Å². The number of ether oxygens (including phenoxy) is 1. The van der Waals surface area contributed by atoms with E-state index in [0.29, 0.717) is 11.7 Å². The van der Waals surface area contributed by atoms with Crippen LogP contribution in [0.1, 0.15) is 24.1 Å². The Hall–Kier alpha value is -2.09. The quantitative estimate of drug-likeness (QED) is 0.916. The van der Waals surface area contributed by atoms with Gasteiger partial charge >= 0.3 is 0 Å². The molecule has 0 radical (unpaired) electrons. The molecule has 2 heterocycles. The second kappa shape index (κ2) is 6.57. The molecular weight excluding hydrogens is 262 g/mol. The Bertz CT molecular complexity index is 618. The minimum Gasteiger partial charge on any atom is -0.377 e. The number of nitriles is 1. The van der Waals surface area contributed by atoms with Crippen molar-refractivity contribution in [2.45, 2.75) is 25.5 Å². The fourth-order valence-corrected chi connectivity index (χ4v) is 2.68. The van der Waals surface area contributed by atoms with Crippen LogP contribution in [0, 0.1) is 11.3 Å². The first-order chi connectivity index (χ1) is 10.4. The van der Waals surface area contributed by atoms with E-state index in [1.54, 1.807) is 0 Å². The van der Waals surface area contributed by atoms with Gasteiger partial charge in [0, 0.05) is 37.3 Å². The smallest absolute Gasteiger partial charge is 0.0991 e. The van der Waals surface area contributed by atoms with E-state index in [1.165, 1.54) is 12.1 Å². The van der Waals surface area contributed by atoms with Crippen molar-refractivity contribution in [2.75, 3.05) is 13.2 Å². The number of hydrogen-bond acceptors (Lipinski definition) is 3. The van der Waals surface area contributed by atoms with Crippen LogP contribution in [0.3, 0.4) is 0 Å². The van der Waals surface area contributed by atoms with Crippen LogP contribution in [0.2, 0.25) is 0 Å². The maximum absolute atomic E-state index is 8.85. The van der Waals surface area contributed by atoms with Crippen molar-refractivity contribution in [3.63, 3.8) is 0 Å². The van der Waals surface area contributed by atoms with Gasteiger partial charge in [0.05, 0.1) is 17.7 Å². The van der Waals surface area contributed by atoms with E-state index < -0.39 is 0 Å². The molecule has 1 unspecified atom stereocenters. The summed E-state index contributed by atoms with van der Waals surface area (Å²) in [6.07, 6.45) is 4.74. The minimum absolute atomic E-state index is 0.364. The Balaban J connectivity index is 1.64. The second-order valence-electron chi connectivity index (χ2n) is 5.29. The van der Waals surface area contributed by atoms with E-state index in [-0.39, 0.29) is 0 Å². The molecule has 4 heteroatoms. The molecule has 1 aliphatic heterocycles. The van der Waals surface area contributed by atoms with E-state index in [0.717, 1.165) is 31.8 Å². The summed E-state index contributed by atoms with van der Waals surface area (Å²) >= 11 is 0. The van der Waals surface area contributed by atoms with E-state index >= 15 is 0 Å². The summed E-state index contributed by atoms with van der Waals surface area (Å²) in [5.74, 6) is 0. The number of nitrogens with zero attached hydrogens (tertiary/aromatic N) is 2. The van der Waals surface area contributed by atoms with Gasteiger partial charge in [-0.2, -0.15) is 5.26 Å². The molecule has 0 amide bonds. The summed E-state index contributed by atoms with van der Waals surface area (Å²) in [5, 5.41) is 12.3. The Kier molecular flexibility index (Phi) is 4.34. The van der Waals surface area contributed by atoms with Crippen molar-refractivity contribution in [2.24, 2.45) is 0 Å². The van der Waals surface area contributed by atoms with Crippen molar-refractivity contribution in [3.8, 4) is 11.8 Å². The van der Waals surface area contributed by atoms with Crippen molar-refractivity contribution < 1.29 is 4.74 Å². The van der Waals surface area contributed by atoms with E-state index in [2.05, 4.69) is 22.0 Å². The Morgan fingerprint density at radius 1 is 1.29 bits per heavy atom. The molecule has 1 fully saturated rings. The molecule has 0 bridgehead atoms. The van der Waals surface area contributed by atoms with Crippen LogP contribution in [0.5, 0.6) is 0 Å². The lowest BCUT2D eigenvalue weighted by atomic mass is 10.2. The van der Waals surface area contributed by atoms with Gasteiger partial charge in [-0.3, -0.25) is 0 Å². The van der Waals surface area contributed by atoms with Crippen molar-refractivity contribution in [1.82, 2.24) is 9.88 Å². The molecule has 108 valence electrons. The number of aromatic nitrogens is 1. The summed E-state index contributed by atoms with van der Waals surface area (Å²) < 4.78 is 7.76. The Labute approximate surface area is 125 Å². The molecule has 21 heavy (non-hydrogen) atoms. The van der Waals surface area contributed by atoms with Crippen molar-refractivity contribution in [3.05, 3.63) is 53.9 Å². The highest BCUT2D eigenvalue weighted by Crippen LogP contribution is 2.14.